The van der Waals surface area contributed by atoms with Crippen LogP contribution in [0.4, 0.5) is 0 Å². The number of carboxylic acid groups (broad SMARTS) is 4. The number of carbonyl (C=O) groups is 4. The molecule has 1 unspecified atom stereocenters. The van der Waals surface area contributed by atoms with Gasteiger partial charge in [0.2, 0.25) is 0 Å². The molecule has 5 rings (SSSR count). The van der Waals surface area contributed by atoms with Gasteiger partial charge in [0.1, 0.15) is 29.9 Å². The monoisotopic (exact) mass is 704 g/mol. The zero-order valence-corrected chi connectivity index (χ0v) is 28.8. The molecule has 1 aliphatic heterocycles. The Morgan fingerprint density at radius 1 is 0.686 bits per heavy atom. The lowest BCUT2D eigenvalue weighted by molar-refractivity contribution is -0.139. The fourth-order valence-electron chi connectivity index (χ4n) is 4.89. The SMILES string of the molecule is COc1ccc(C[C@H](N)C(=O)O)cc1.Cc1cccc(C[C@H](N)C(=O)O)c1.N[C@@H](Cc1ccc2ccccc2c1)C(=O)O.O=C(O)C1CCCN1. The third-order valence-corrected chi connectivity index (χ3v) is 7.73. The molecule has 0 spiro atoms. The Balaban J connectivity index is 0.000000241. The highest BCUT2D eigenvalue weighted by Gasteiger charge is 2.20. The van der Waals surface area contributed by atoms with Crippen LogP contribution in [0.5, 0.6) is 5.75 Å². The molecule has 4 aromatic carbocycles. The van der Waals surface area contributed by atoms with Gasteiger partial charge in [0, 0.05) is 0 Å². The van der Waals surface area contributed by atoms with Crippen molar-refractivity contribution in [3.63, 3.8) is 0 Å². The first-order valence-corrected chi connectivity index (χ1v) is 16.3. The zero-order chi connectivity index (χ0) is 37.9. The first kappa shape index (κ1) is 41.8. The van der Waals surface area contributed by atoms with Gasteiger partial charge in [0.15, 0.2) is 0 Å². The van der Waals surface area contributed by atoms with E-state index in [1.54, 1.807) is 19.2 Å². The van der Waals surface area contributed by atoms with E-state index in [2.05, 4.69) is 5.32 Å². The van der Waals surface area contributed by atoms with Crippen LogP contribution in [-0.4, -0.2) is 82.1 Å². The van der Waals surface area contributed by atoms with Gasteiger partial charge < -0.3 is 47.7 Å². The Bertz CT molecular complexity index is 1710. The van der Waals surface area contributed by atoms with Crippen LogP contribution in [0.25, 0.3) is 10.8 Å². The molecule has 51 heavy (non-hydrogen) atoms. The molecule has 0 aromatic heterocycles. The van der Waals surface area contributed by atoms with Gasteiger partial charge in [0.05, 0.1) is 7.11 Å². The lowest BCUT2D eigenvalue weighted by Crippen LogP contribution is -2.32. The first-order valence-electron chi connectivity index (χ1n) is 16.3. The maximum Gasteiger partial charge on any atom is 0.320 e. The number of nitrogens with one attached hydrogen (secondary N) is 1. The highest BCUT2D eigenvalue weighted by Crippen LogP contribution is 2.16. The predicted octanol–water partition coefficient (Wildman–Crippen LogP) is 3.22. The van der Waals surface area contributed by atoms with Gasteiger partial charge in [-0.3, -0.25) is 19.2 Å². The average molecular weight is 705 g/mol. The molecule has 11 N–H and O–H groups in total. The van der Waals surface area contributed by atoms with Gasteiger partial charge in [-0.15, -0.1) is 0 Å². The summed E-state index contributed by atoms with van der Waals surface area (Å²) >= 11 is 0. The zero-order valence-electron chi connectivity index (χ0n) is 28.8. The summed E-state index contributed by atoms with van der Waals surface area (Å²) in [6.45, 7) is 2.83. The number of ether oxygens (including phenoxy) is 1. The summed E-state index contributed by atoms with van der Waals surface area (Å²) in [6, 6.07) is 26.0. The minimum absolute atomic E-state index is 0.269. The molecule has 1 heterocycles. The van der Waals surface area contributed by atoms with Crippen molar-refractivity contribution in [1.82, 2.24) is 5.32 Å². The van der Waals surface area contributed by atoms with Crippen LogP contribution < -0.4 is 27.3 Å². The van der Waals surface area contributed by atoms with Crippen LogP contribution in [0.1, 0.15) is 35.1 Å². The molecule has 0 amide bonds. The smallest absolute Gasteiger partial charge is 0.320 e. The fraction of sp³-hybridized carbons (Fsp3) is 0.316. The van der Waals surface area contributed by atoms with Gasteiger partial charge in [-0.05, 0) is 85.2 Å². The Labute approximate surface area is 297 Å². The van der Waals surface area contributed by atoms with Gasteiger partial charge >= 0.3 is 23.9 Å². The van der Waals surface area contributed by atoms with Crippen LogP contribution in [0.2, 0.25) is 0 Å². The Hall–Kier alpha value is -5.34. The van der Waals surface area contributed by atoms with E-state index in [0.29, 0.717) is 19.3 Å². The van der Waals surface area contributed by atoms with Crippen LogP contribution >= 0.6 is 0 Å². The maximum atomic E-state index is 10.6. The summed E-state index contributed by atoms with van der Waals surface area (Å²) in [4.78, 5) is 41.7. The number of fused-ring (bicyclic) bond motifs is 1. The molecular weight excluding hydrogens is 656 g/mol. The number of rotatable bonds is 11. The summed E-state index contributed by atoms with van der Waals surface area (Å²) < 4.78 is 4.97. The highest BCUT2D eigenvalue weighted by molar-refractivity contribution is 5.83. The number of aliphatic carboxylic acids is 4. The number of hydrogen-bond donors (Lipinski definition) is 8. The Kier molecular flexibility index (Phi) is 17.8. The third kappa shape index (κ3) is 15.8. The van der Waals surface area contributed by atoms with Crippen molar-refractivity contribution < 1.29 is 44.3 Å². The average Bonchev–Trinajstić information content (AvgIpc) is 3.65. The van der Waals surface area contributed by atoms with E-state index in [9.17, 15) is 19.2 Å². The highest BCUT2D eigenvalue weighted by atomic mass is 16.5. The summed E-state index contributed by atoms with van der Waals surface area (Å²) in [5, 5.41) is 39.4. The Morgan fingerprint density at radius 3 is 1.65 bits per heavy atom. The lowest BCUT2D eigenvalue weighted by atomic mass is 10.0. The molecule has 1 fully saturated rings. The van der Waals surface area contributed by atoms with Crippen molar-refractivity contribution in [2.75, 3.05) is 13.7 Å². The molecule has 0 aliphatic carbocycles. The second-order valence-corrected chi connectivity index (χ2v) is 12.0. The number of hydrogen-bond acceptors (Lipinski definition) is 9. The summed E-state index contributed by atoms with van der Waals surface area (Å²) in [5.74, 6) is -2.88. The molecule has 4 aromatic rings. The normalized spacial score (nSPS) is 14.9. The maximum absolute atomic E-state index is 10.6. The van der Waals surface area contributed by atoms with Gasteiger partial charge in [0.25, 0.3) is 0 Å². The van der Waals surface area contributed by atoms with Crippen molar-refractivity contribution in [2.24, 2.45) is 17.2 Å². The fourth-order valence-corrected chi connectivity index (χ4v) is 4.89. The van der Waals surface area contributed by atoms with Crippen molar-refractivity contribution in [3.8, 4) is 5.75 Å². The predicted molar refractivity (Wildman–Crippen MR) is 195 cm³/mol. The molecule has 1 saturated heterocycles. The molecule has 0 saturated carbocycles. The van der Waals surface area contributed by atoms with Crippen LogP contribution in [0.15, 0.2) is 91.0 Å². The van der Waals surface area contributed by atoms with Gasteiger partial charge in [-0.2, -0.15) is 0 Å². The van der Waals surface area contributed by atoms with E-state index in [-0.39, 0.29) is 6.04 Å². The van der Waals surface area contributed by atoms with Crippen LogP contribution in [-0.2, 0) is 38.4 Å². The summed E-state index contributed by atoms with van der Waals surface area (Å²) in [7, 11) is 1.58. The van der Waals surface area contributed by atoms with Crippen molar-refractivity contribution in [2.45, 2.75) is 63.2 Å². The first-order chi connectivity index (χ1) is 24.2. The third-order valence-electron chi connectivity index (χ3n) is 7.73. The summed E-state index contributed by atoms with van der Waals surface area (Å²) in [6.07, 6.45) is 2.86. The Morgan fingerprint density at radius 2 is 1.20 bits per heavy atom. The number of carboxylic acids is 4. The van der Waals surface area contributed by atoms with Crippen molar-refractivity contribution >= 4 is 34.6 Å². The second-order valence-electron chi connectivity index (χ2n) is 12.0. The van der Waals surface area contributed by atoms with E-state index in [0.717, 1.165) is 58.2 Å². The van der Waals surface area contributed by atoms with Crippen LogP contribution in [0, 0.1) is 6.92 Å². The molecule has 0 bridgehead atoms. The van der Waals surface area contributed by atoms with Crippen molar-refractivity contribution in [1.29, 1.82) is 0 Å². The molecule has 13 heteroatoms. The molecule has 274 valence electrons. The molecule has 4 atom stereocenters. The topological polar surface area (TPSA) is 249 Å². The standard InChI is InChI=1S/C13H13NO2.C10H13NO3.C10H13NO2.C5H9NO2/c14-12(13(15)16)8-9-5-6-10-3-1-2-4-11(10)7-9;1-14-8-4-2-7(3-5-8)6-9(11)10(12)13;1-7-3-2-4-8(5-7)6-9(11)10(12)13;7-5(8)4-2-1-3-6-4/h1-7,12H,8,14H2,(H,15,16);2-5,9H,6,11H2,1H3,(H,12,13);2-5,9H,6,11H2,1H3,(H,12,13);4,6H,1-3H2,(H,7,8)/t12-;2*9-;/m000./s1. The molecule has 0 radical (unpaired) electrons. The van der Waals surface area contributed by atoms with E-state index in [1.807, 2.05) is 85.8 Å². The lowest BCUT2D eigenvalue weighted by Gasteiger charge is -2.07. The second kappa shape index (κ2) is 21.7. The van der Waals surface area contributed by atoms with E-state index >= 15 is 0 Å². The van der Waals surface area contributed by atoms with Gasteiger partial charge in [-0.25, -0.2) is 0 Å². The molecular formula is C38H48N4O9. The molecule has 1 aliphatic rings. The number of aryl methyl sites for hydroxylation is 1. The summed E-state index contributed by atoms with van der Waals surface area (Å²) in [5.41, 5.74) is 20.2. The molecule has 13 nitrogen and oxygen atoms in total. The van der Waals surface area contributed by atoms with Crippen molar-refractivity contribution in [3.05, 3.63) is 113 Å². The number of methoxy groups -OCH3 is 1. The van der Waals surface area contributed by atoms with Gasteiger partial charge in [-0.1, -0.05) is 84.4 Å². The number of nitrogens with two attached hydrogens (primary N) is 3. The number of benzene rings is 4. The largest absolute Gasteiger partial charge is 0.497 e. The minimum Gasteiger partial charge on any atom is -0.497 e. The van der Waals surface area contributed by atoms with E-state index in [4.69, 9.17) is 42.4 Å². The minimum atomic E-state index is -0.985. The quantitative estimate of drug-likeness (QED) is 0.112. The van der Waals surface area contributed by atoms with Crippen LogP contribution in [0.3, 0.4) is 0 Å². The van der Waals surface area contributed by atoms with E-state index < -0.39 is 42.0 Å². The van der Waals surface area contributed by atoms with E-state index in [1.165, 1.54) is 0 Å².